The normalized spacial score (nSPS) is 24.2. The number of phenols is 1. The Balaban J connectivity index is 1.04. The molecule has 8 rings (SSSR count). The Morgan fingerprint density at radius 1 is 0.726 bits per heavy atom. The molecule has 0 radical (unpaired) electrons. The van der Waals surface area contributed by atoms with Crippen molar-refractivity contribution in [1.29, 1.82) is 0 Å². The van der Waals surface area contributed by atoms with Gasteiger partial charge in [0.05, 0.1) is 62.9 Å². The first-order chi connectivity index (χ1) is 45.4. The molecule has 0 aliphatic carbocycles. The van der Waals surface area contributed by atoms with E-state index in [1.54, 1.807) is 19.2 Å². The molecule has 34 heteroatoms. The molecule has 3 saturated heterocycles. The Bertz CT molecular complexity index is 3480. The number of carbonyl (C=O) groups is 8. The summed E-state index contributed by atoms with van der Waals surface area (Å²) in [6.45, 7) is 2.63. The van der Waals surface area contributed by atoms with Gasteiger partial charge in [0.25, 0.3) is 18.2 Å². The van der Waals surface area contributed by atoms with E-state index in [9.17, 15) is 74.1 Å². The smallest absolute Gasteiger partial charge is 0.261 e. The number of aliphatic hydroxyl groups is 6. The van der Waals surface area contributed by atoms with Crippen LogP contribution in [-0.2, 0) is 58.8 Å². The van der Waals surface area contributed by atoms with E-state index in [-0.39, 0.29) is 29.2 Å². The number of fused-ring (bicyclic) bond motifs is 2. The summed E-state index contributed by atoms with van der Waals surface area (Å²) in [5.41, 5.74) is 8.75. The van der Waals surface area contributed by atoms with Crippen LogP contribution in [0.4, 0.5) is 0 Å². The molecule has 3 aliphatic heterocycles. The summed E-state index contributed by atoms with van der Waals surface area (Å²) in [7, 11) is 1.60. The molecule has 8 amide bonds. The SMILES string of the molecule is COCCOCCOc1ccc(-c2ccc(-c3nnc(-c4ccc(C(=O)NC5CC(O)CNC(=O)C6C(O)C(C)CN6C(=O)C(C(O)CC(N)=O)NC(=O)C(C(O)Cc6ccc(O)c(OSOOO)c6)NC(=O)C6CC(O)CN6C(=O)C(C(C)O)NC5=O)cc4)s3)cc2)cc1. The van der Waals surface area contributed by atoms with Gasteiger partial charge in [0.1, 0.15) is 58.6 Å². The van der Waals surface area contributed by atoms with Crippen LogP contribution < -0.4 is 41.2 Å². The largest absolute Gasteiger partial charge is 0.504 e. The van der Waals surface area contributed by atoms with E-state index in [2.05, 4.69) is 46.2 Å². The Morgan fingerprint density at radius 2 is 1.34 bits per heavy atom. The average Bonchev–Trinajstić information content (AvgIpc) is 1.69. The first-order valence-corrected chi connectivity index (χ1v) is 31.4. The van der Waals surface area contributed by atoms with Gasteiger partial charge < -0.3 is 96.3 Å². The van der Waals surface area contributed by atoms with Crippen molar-refractivity contribution in [3.05, 3.63) is 102 Å². The third-order valence-corrected chi connectivity index (χ3v) is 17.3. The van der Waals surface area contributed by atoms with Gasteiger partial charge in [-0.3, -0.25) is 38.4 Å². The van der Waals surface area contributed by atoms with Crippen molar-refractivity contribution in [1.82, 2.24) is 46.6 Å². The van der Waals surface area contributed by atoms with Gasteiger partial charge in [0.15, 0.2) is 11.5 Å². The fraction of sp³-hybridized carbons (Fsp3) is 0.443. The monoisotopic (exact) mass is 1360 g/mol. The Labute approximate surface area is 551 Å². The third kappa shape index (κ3) is 18.9. The molecule has 13 unspecified atom stereocenters. The Hall–Kier alpha value is -8.49. The highest BCUT2D eigenvalue weighted by molar-refractivity contribution is 7.90. The number of nitrogens with one attached hydrogen (secondary N) is 5. The summed E-state index contributed by atoms with van der Waals surface area (Å²) < 4.78 is 25.5. The summed E-state index contributed by atoms with van der Waals surface area (Å²) in [6.07, 6.45) is -13.7. The number of hydrogen-bond acceptors (Lipinski definition) is 26. The van der Waals surface area contributed by atoms with Gasteiger partial charge in [-0.05, 0) is 60.0 Å². The number of aliphatic hydroxyl groups excluding tert-OH is 6. The molecule has 0 bridgehead atoms. The highest BCUT2D eigenvalue weighted by atomic mass is 32.2. The van der Waals surface area contributed by atoms with Gasteiger partial charge >= 0.3 is 0 Å². The molecule has 13 atom stereocenters. The molecule has 32 nitrogen and oxygen atoms in total. The molecule has 3 fully saturated rings. The number of nitrogens with two attached hydrogens (primary N) is 1. The van der Waals surface area contributed by atoms with Crippen LogP contribution in [0.3, 0.4) is 0 Å². The highest BCUT2D eigenvalue weighted by Crippen LogP contribution is 2.34. The number of nitrogens with zero attached hydrogens (tertiary/aromatic N) is 4. The maximum atomic E-state index is 14.7. The van der Waals surface area contributed by atoms with Crippen LogP contribution >= 0.6 is 23.7 Å². The Kier molecular flexibility index (Phi) is 25.7. The molecule has 15 N–H and O–H groups in total. The van der Waals surface area contributed by atoms with Crippen LogP contribution in [0, 0.1) is 5.92 Å². The van der Waals surface area contributed by atoms with E-state index < -0.39 is 177 Å². The number of rotatable bonds is 23. The van der Waals surface area contributed by atoms with Crippen molar-refractivity contribution in [2.24, 2.45) is 11.7 Å². The molecule has 3 aliphatic rings. The fourth-order valence-electron chi connectivity index (χ4n) is 10.9. The molecule has 512 valence electrons. The van der Waals surface area contributed by atoms with E-state index >= 15 is 0 Å². The number of carbonyl (C=O) groups excluding carboxylic acids is 8. The van der Waals surface area contributed by atoms with Crippen LogP contribution in [0.25, 0.3) is 32.3 Å². The number of benzene rings is 4. The summed E-state index contributed by atoms with van der Waals surface area (Å²) in [4.78, 5) is 115. The van der Waals surface area contributed by atoms with Crippen LogP contribution in [-0.4, -0.2) is 234 Å². The lowest BCUT2D eigenvalue weighted by atomic mass is 9.98. The van der Waals surface area contributed by atoms with Gasteiger partial charge in [-0.15, -0.1) is 10.2 Å². The summed E-state index contributed by atoms with van der Waals surface area (Å²) in [5, 5.41) is 113. The Morgan fingerprint density at radius 3 is 1.98 bits per heavy atom. The lowest BCUT2D eigenvalue weighted by Gasteiger charge is -2.33. The number of hydrogen-bond donors (Lipinski definition) is 14. The summed E-state index contributed by atoms with van der Waals surface area (Å²) in [5.74, 6) is -10.5. The number of primary amides is 1. The van der Waals surface area contributed by atoms with Crippen LogP contribution in [0.5, 0.6) is 17.2 Å². The second kappa shape index (κ2) is 33.8. The van der Waals surface area contributed by atoms with Crippen molar-refractivity contribution >= 4 is 70.9 Å². The van der Waals surface area contributed by atoms with Crippen molar-refractivity contribution in [2.75, 3.05) is 53.2 Å². The number of phenolic OH excluding ortho intramolecular Hbond substituents is 1. The van der Waals surface area contributed by atoms with E-state index in [0.29, 0.717) is 47.8 Å². The molecule has 95 heavy (non-hydrogen) atoms. The van der Waals surface area contributed by atoms with Gasteiger partial charge in [-0.25, -0.2) is 5.26 Å². The minimum Gasteiger partial charge on any atom is -0.504 e. The molecule has 5 aromatic rings. The standard InChI is InChI=1S/C61H74N10O22S2/c1-30-28-71-51(52(30)79)57(84)63-27-38(73)24-41(64-53(80)35-7-11-37(12-8-35)59-69-68-58(94-59)36-9-5-33(6-10-36)34-13-15-40(16-14-34)90-21-20-89-19-18-88-3)54(81)65-48(31(2)72)60(85)70-29-39(74)25-42(70)55(82)66-49(56(83)67-50(61(71)86)45(77)26-47(62)78)44(76)22-32-4-17-43(75)46(23-32)91-95-93-92-87/h4-17,23,30-31,38-39,41-42,44-45,48-52,72-77,79,87H,18-22,24-29H2,1-3H3,(H2,62,78)(H,63,84)(H,64,80)(H,65,81)(H,66,82)(H,67,83). The quantitative estimate of drug-likeness (QED) is 0.0153. The predicted octanol–water partition coefficient (Wildman–Crippen LogP) is -1.53. The number of aromatic nitrogens is 2. The molecule has 1 aromatic heterocycles. The number of β-amino-alcohol motifs (C(OH)–C–C–N with tert-alkyl or cyclic N) is 1. The van der Waals surface area contributed by atoms with Crippen molar-refractivity contribution in [2.45, 2.75) is 112 Å². The van der Waals surface area contributed by atoms with Gasteiger partial charge in [-0.2, -0.15) is 0 Å². The van der Waals surface area contributed by atoms with Gasteiger partial charge in [0.2, 0.25) is 41.4 Å². The van der Waals surface area contributed by atoms with E-state index in [4.69, 9.17) is 29.4 Å². The van der Waals surface area contributed by atoms with E-state index in [0.717, 1.165) is 45.5 Å². The zero-order chi connectivity index (χ0) is 68.6. The molecule has 4 heterocycles. The number of methoxy groups -OCH3 is 1. The highest BCUT2D eigenvalue weighted by Gasteiger charge is 2.50. The van der Waals surface area contributed by atoms with Gasteiger partial charge in [0, 0.05) is 68.6 Å². The minimum atomic E-state index is -2.22. The van der Waals surface area contributed by atoms with Crippen molar-refractivity contribution in [3.63, 3.8) is 0 Å². The first-order valence-electron chi connectivity index (χ1n) is 29.9. The summed E-state index contributed by atoms with van der Waals surface area (Å²) >= 11 is 1.34. The lowest BCUT2D eigenvalue weighted by Crippen LogP contribution is -2.64. The third-order valence-electron chi connectivity index (χ3n) is 15.9. The lowest BCUT2D eigenvalue weighted by molar-refractivity contribution is -0.433. The molecule has 0 saturated carbocycles. The van der Waals surface area contributed by atoms with Crippen molar-refractivity contribution in [3.8, 4) is 49.5 Å². The molecular formula is C61H74N10O22S2. The maximum absolute atomic E-state index is 14.7. The first kappa shape index (κ1) is 72.3. The topological polar surface area (TPSA) is 472 Å². The number of amides is 8. The van der Waals surface area contributed by atoms with Gasteiger partial charge in [-0.1, -0.05) is 82.2 Å². The average molecular weight is 1360 g/mol. The second-order valence-electron chi connectivity index (χ2n) is 22.8. The summed E-state index contributed by atoms with van der Waals surface area (Å²) in [6, 6.07) is 13.1. The zero-order valence-electron chi connectivity index (χ0n) is 51.4. The molecule has 4 aromatic carbocycles. The molecule has 0 spiro atoms. The second-order valence-corrected chi connectivity index (χ2v) is 24.2. The zero-order valence-corrected chi connectivity index (χ0v) is 53.1. The molecular weight excluding hydrogens is 1290 g/mol. The fourth-order valence-corrected chi connectivity index (χ4v) is 12.0. The maximum Gasteiger partial charge on any atom is 0.261 e. The van der Waals surface area contributed by atoms with Crippen LogP contribution in [0.2, 0.25) is 0 Å². The van der Waals surface area contributed by atoms with E-state index in [1.807, 2.05) is 48.5 Å². The number of ether oxygens (including phenoxy) is 3. The van der Waals surface area contributed by atoms with Crippen molar-refractivity contribution < 1.29 is 107 Å². The number of aromatic hydroxyl groups is 1. The minimum absolute atomic E-state index is 0.00722. The van der Waals surface area contributed by atoms with Crippen LogP contribution in [0.15, 0.2) is 91.0 Å². The van der Waals surface area contributed by atoms with Crippen LogP contribution in [0.1, 0.15) is 49.0 Å². The van der Waals surface area contributed by atoms with E-state index in [1.165, 1.54) is 36.5 Å². The predicted molar refractivity (Wildman–Crippen MR) is 334 cm³/mol.